The summed E-state index contributed by atoms with van der Waals surface area (Å²) in [4.78, 5) is 14.9. The quantitative estimate of drug-likeness (QED) is 0.651. The first kappa shape index (κ1) is 13.4. The number of nitrogens with two attached hydrogens (primary N) is 1. The molecular formula is C12H16N6S. The lowest BCUT2D eigenvalue weighted by Crippen LogP contribution is -2.22. The van der Waals surface area contributed by atoms with Crippen molar-refractivity contribution in [2.45, 2.75) is 20.4 Å². The van der Waals surface area contributed by atoms with Gasteiger partial charge in [0.05, 0.1) is 17.2 Å². The van der Waals surface area contributed by atoms with Crippen LogP contribution in [0.2, 0.25) is 0 Å². The summed E-state index contributed by atoms with van der Waals surface area (Å²) in [7, 11) is 1.90. The third kappa shape index (κ3) is 3.25. The van der Waals surface area contributed by atoms with Gasteiger partial charge in [0.25, 0.3) is 0 Å². The molecule has 2 heterocycles. The molecule has 0 bridgehead atoms. The molecule has 2 aromatic rings. The topological polar surface area (TPSA) is 91.8 Å². The smallest absolute Gasteiger partial charge is 0.226 e. The van der Waals surface area contributed by atoms with Gasteiger partial charge < -0.3 is 10.6 Å². The number of nitrogen functional groups attached to an aromatic ring is 1. The van der Waals surface area contributed by atoms with E-state index in [0.717, 1.165) is 16.4 Å². The standard InChI is InChI=1S/C12H16N6S/c1-7-4-10(11(13)14)17-12(15-7)18(3)5-9-6-19-8(2)16-9/h4,6H,5H2,1-3H3,(H3,13,14). The largest absolute Gasteiger partial charge is 0.382 e. The normalized spacial score (nSPS) is 10.5. The molecule has 7 heteroatoms. The van der Waals surface area contributed by atoms with Gasteiger partial charge in [-0.15, -0.1) is 11.3 Å². The highest BCUT2D eigenvalue weighted by atomic mass is 32.1. The number of nitrogens with one attached hydrogen (secondary N) is 1. The Hall–Kier alpha value is -2.02. The van der Waals surface area contributed by atoms with E-state index >= 15 is 0 Å². The number of hydrogen-bond donors (Lipinski definition) is 2. The molecule has 0 saturated carbocycles. The van der Waals surface area contributed by atoms with Crippen LogP contribution >= 0.6 is 11.3 Å². The molecule has 6 nitrogen and oxygen atoms in total. The molecule has 0 fully saturated rings. The fourth-order valence-corrected chi connectivity index (χ4v) is 2.26. The SMILES string of the molecule is Cc1cc(C(=N)N)nc(N(C)Cc2csc(C)n2)n1. The van der Waals surface area contributed by atoms with Crippen LogP contribution < -0.4 is 10.6 Å². The van der Waals surface area contributed by atoms with Gasteiger partial charge in [-0.25, -0.2) is 15.0 Å². The van der Waals surface area contributed by atoms with Crippen LogP contribution in [-0.2, 0) is 6.54 Å². The third-order valence-corrected chi connectivity index (χ3v) is 3.35. The molecule has 0 aliphatic heterocycles. The number of hydrogen-bond acceptors (Lipinski definition) is 6. The molecule has 0 aliphatic carbocycles. The fraction of sp³-hybridized carbons (Fsp3) is 0.333. The highest BCUT2D eigenvalue weighted by Gasteiger charge is 2.10. The monoisotopic (exact) mass is 276 g/mol. The maximum atomic E-state index is 7.45. The number of rotatable bonds is 4. The van der Waals surface area contributed by atoms with Crippen LogP contribution in [0.1, 0.15) is 22.1 Å². The van der Waals surface area contributed by atoms with Crippen LogP contribution in [0, 0.1) is 19.3 Å². The van der Waals surface area contributed by atoms with Crippen LogP contribution in [0.3, 0.4) is 0 Å². The summed E-state index contributed by atoms with van der Waals surface area (Å²) in [6, 6.07) is 1.70. The maximum absolute atomic E-state index is 7.45. The second-order valence-electron chi connectivity index (χ2n) is 4.32. The second-order valence-corrected chi connectivity index (χ2v) is 5.38. The Balaban J connectivity index is 2.23. The lowest BCUT2D eigenvalue weighted by atomic mass is 10.3. The summed E-state index contributed by atoms with van der Waals surface area (Å²) < 4.78 is 0. The van der Waals surface area contributed by atoms with E-state index in [2.05, 4.69) is 15.0 Å². The van der Waals surface area contributed by atoms with Crippen LogP contribution in [-0.4, -0.2) is 27.8 Å². The Morgan fingerprint density at radius 3 is 2.68 bits per heavy atom. The van der Waals surface area contributed by atoms with Crippen molar-refractivity contribution in [1.29, 1.82) is 5.41 Å². The van der Waals surface area contributed by atoms with Crippen molar-refractivity contribution in [2.24, 2.45) is 5.73 Å². The van der Waals surface area contributed by atoms with E-state index in [1.165, 1.54) is 0 Å². The molecule has 2 rings (SSSR count). The zero-order valence-corrected chi connectivity index (χ0v) is 12.0. The lowest BCUT2D eigenvalue weighted by molar-refractivity contribution is 0.837. The zero-order chi connectivity index (χ0) is 14.0. The van der Waals surface area contributed by atoms with Gasteiger partial charge in [0, 0.05) is 18.1 Å². The summed E-state index contributed by atoms with van der Waals surface area (Å²) in [5.41, 5.74) is 7.69. The Kier molecular flexibility index (Phi) is 3.75. The molecule has 0 atom stereocenters. The van der Waals surface area contributed by atoms with Crippen molar-refractivity contribution in [3.8, 4) is 0 Å². The zero-order valence-electron chi connectivity index (χ0n) is 11.1. The second kappa shape index (κ2) is 5.31. The average molecular weight is 276 g/mol. The van der Waals surface area contributed by atoms with Gasteiger partial charge >= 0.3 is 0 Å². The van der Waals surface area contributed by atoms with Gasteiger partial charge in [0.1, 0.15) is 11.5 Å². The van der Waals surface area contributed by atoms with Crippen molar-refractivity contribution in [2.75, 3.05) is 11.9 Å². The van der Waals surface area contributed by atoms with E-state index in [1.807, 2.05) is 31.2 Å². The molecule has 0 unspecified atom stereocenters. The number of aryl methyl sites for hydroxylation is 2. The van der Waals surface area contributed by atoms with Crippen molar-refractivity contribution in [3.63, 3.8) is 0 Å². The molecule has 0 aromatic carbocycles. The first-order chi connectivity index (χ1) is 8.95. The van der Waals surface area contributed by atoms with E-state index in [0.29, 0.717) is 18.2 Å². The van der Waals surface area contributed by atoms with Crippen molar-refractivity contribution >= 4 is 23.1 Å². The molecule has 0 saturated heterocycles. The molecule has 0 aliphatic rings. The average Bonchev–Trinajstić information content (AvgIpc) is 2.73. The highest BCUT2D eigenvalue weighted by molar-refractivity contribution is 7.09. The van der Waals surface area contributed by atoms with Gasteiger partial charge in [-0.2, -0.15) is 0 Å². The Morgan fingerprint density at radius 2 is 2.11 bits per heavy atom. The summed E-state index contributed by atoms with van der Waals surface area (Å²) in [6.45, 7) is 4.47. The summed E-state index contributed by atoms with van der Waals surface area (Å²) in [5, 5.41) is 10.5. The molecule has 0 spiro atoms. The van der Waals surface area contributed by atoms with Gasteiger partial charge in [0.2, 0.25) is 5.95 Å². The summed E-state index contributed by atoms with van der Waals surface area (Å²) >= 11 is 1.62. The number of thiazole rings is 1. The molecule has 100 valence electrons. The van der Waals surface area contributed by atoms with Gasteiger partial charge in [0.15, 0.2) is 0 Å². The molecule has 19 heavy (non-hydrogen) atoms. The number of aromatic nitrogens is 3. The third-order valence-electron chi connectivity index (χ3n) is 2.53. The van der Waals surface area contributed by atoms with E-state index < -0.39 is 0 Å². The van der Waals surface area contributed by atoms with Crippen LogP contribution in [0.25, 0.3) is 0 Å². The minimum atomic E-state index is -0.0512. The molecule has 3 N–H and O–H groups in total. The Morgan fingerprint density at radius 1 is 1.37 bits per heavy atom. The number of nitrogens with zero attached hydrogens (tertiary/aromatic N) is 4. The first-order valence-corrected chi connectivity index (χ1v) is 6.66. The molecule has 0 amide bonds. The Bertz CT molecular complexity index is 606. The van der Waals surface area contributed by atoms with Crippen LogP contribution in [0.5, 0.6) is 0 Å². The minimum absolute atomic E-state index is 0.0512. The van der Waals surface area contributed by atoms with E-state index in [-0.39, 0.29) is 5.84 Å². The maximum Gasteiger partial charge on any atom is 0.226 e. The van der Waals surface area contributed by atoms with E-state index in [1.54, 1.807) is 17.4 Å². The number of anilines is 1. The van der Waals surface area contributed by atoms with Crippen LogP contribution in [0.15, 0.2) is 11.4 Å². The Labute approximate surface area is 115 Å². The van der Waals surface area contributed by atoms with Crippen LogP contribution in [0.4, 0.5) is 5.95 Å². The van der Waals surface area contributed by atoms with Gasteiger partial charge in [-0.3, -0.25) is 5.41 Å². The highest BCUT2D eigenvalue weighted by Crippen LogP contribution is 2.14. The van der Waals surface area contributed by atoms with E-state index in [9.17, 15) is 0 Å². The molecule has 0 radical (unpaired) electrons. The first-order valence-electron chi connectivity index (χ1n) is 5.78. The van der Waals surface area contributed by atoms with Crippen molar-refractivity contribution in [3.05, 3.63) is 33.5 Å². The predicted molar refractivity (Wildman–Crippen MR) is 76.7 cm³/mol. The predicted octanol–water partition coefficient (Wildman–Crippen LogP) is 1.47. The lowest BCUT2D eigenvalue weighted by Gasteiger charge is -2.16. The van der Waals surface area contributed by atoms with E-state index in [4.69, 9.17) is 11.1 Å². The fourth-order valence-electron chi connectivity index (χ4n) is 1.66. The minimum Gasteiger partial charge on any atom is -0.382 e. The van der Waals surface area contributed by atoms with Crippen molar-refractivity contribution < 1.29 is 0 Å². The molecular weight excluding hydrogens is 260 g/mol. The number of amidine groups is 1. The molecule has 2 aromatic heterocycles. The van der Waals surface area contributed by atoms with Gasteiger partial charge in [-0.1, -0.05) is 0 Å². The van der Waals surface area contributed by atoms with Crippen molar-refractivity contribution in [1.82, 2.24) is 15.0 Å². The summed E-state index contributed by atoms with van der Waals surface area (Å²) in [5.74, 6) is 0.500. The van der Waals surface area contributed by atoms with Gasteiger partial charge in [-0.05, 0) is 19.9 Å². The summed E-state index contributed by atoms with van der Waals surface area (Å²) in [6.07, 6.45) is 0.